The molecule has 0 radical (unpaired) electrons. The predicted octanol–water partition coefficient (Wildman–Crippen LogP) is 2.86. The first-order valence-corrected chi connectivity index (χ1v) is 9.68. The minimum Gasteiger partial charge on any atom is -0.497 e. The molecule has 2 bridgehead atoms. The lowest BCUT2D eigenvalue weighted by molar-refractivity contribution is 0.0189. The van der Waals surface area contributed by atoms with Crippen LogP contribution in [0.1, 0.15) is 19.3 Å². The minimum atomic E-state index is 0.213. The summed E-state index contributed by atoms with van der Waals surface area (Å²) < 4.78 is 5.23. The lowest BCUT2D eigenvalue weighted by Gasteiger charge is -2.52. The Morgan fingerprint density at radius 1 is 1.19 bits per heavy atom. The van der Waals surface area contributed by atoms with E-state index in [9.17, 15) is 0 Å². The monoisotopic (exact) mass is 363 g/mol. The predicted molar refractivity (Wildman–Crippen MR) is 105 cm³/mol. The quantitative estimate of drug-likeness (QED) is 0.871. The van der Waals surface area contributed by atoms with Gasteiger partial charge in [-0.2, -0.15) is 0 Å². The van der Waals surface area contributed by atoms with Crippen molar-refractivity contribution in [1.82, 2.24) is 20.2 Å². The largest absolute Gasteiger partial charge is 0.497 e. The molecular formula is C21H25N5O. The van der Waals surface area contributed by atoms with Crippen molar-refractivity contribution < 1.29 is 4.74 Å². The lowest BCUT2D eigenvalue weighted by Crippen LogP contribution is -2.64. The highest BCUT2D eigenvalue weighted by Gasteiger charge is 2.48. The van der Waals surface area contributed by atoms with Crippen LogP contribution < -0.4 is 15.4 Å². The van der Waals surface area contributed by atoms with Gasteiger partial charge in [-0.25, -0.2) is 9.97 Å². The summed E-state index contributed by atoms with van der Waals surface area (Å²) in [5.74, 6) is 3.50. The van der Waals surface area contributed by atoms with Crippen LogP contribution in [-0.2, 0) is 0 Å². The average Bonchev–Trinajstić information content (AvgIpc) is 3.11. The van der Waals surface area contributed by atoms with E-state index in [1.807, 2.05) is 30.3 Å². The van der Waals surface area contributed by atoms with Crippen molar-refractivity contribution in [1.29, 1.82) is 0 Å². The summed E-state index contributed by atoms with van der Waals surface area (Å²) in [7, 11) is 1.67. The Morgan fingerprint density at radius 2 is 2.00 bits per heavy atom. The van der Waals surface area contributed by atoms with E-state index < -0.39 is 0 Å². The van der Waals surface area contributed by atoms with Gasteiger partial charge in [-0.3, -0.25) is 0 Å². The first-order valence-electron chi connectivity index (χ1n) is 9.68. The zero-order chi connectivity index (χ0) is 18.3. The van der Waals surface area contributed by atoms with Crippen molar-refractivity contribution in [2.45, 2.75) is 24.8 Å². The summed E-state index contributed by atoms with van der Waals surface area (Å²) in [5, 5.41) is 7.25. The molecule has 6 nitrogen and oxygen atoms in total. The molecule has 3 fully saturated rings. The van der Waals surface area contributed by atoms with E-state index in [4.69, 9.17) is 4.74 Å². The Hall–Kier alpha value is -2.60. The minimum absolute atomic E-state index is 0.213. The molecule has 4 aliphatic rings. The van der Waals surface area contributed by atoms with Crippen LogP contribution in [0.5, 0.6) is 5.75 Å². The number of piperidine rings is 3. The molecule has 1 aromatic heterocycles. The fraction of sp³-hybridized carbons (Fsp3) is 0.429. The second kappa shape index (κ2) is 6.53. The molecule has 6 heteroatoms. The van der Waals surface area contributed by atoms with E-state index >= 15 is 0 Å². The maximum Gasteiger partial charge on any atom is 0.135 e. The van der Waals surface area contributed by atoms with Gasteiger partial charge in [0.25, 0.3) is 0 Å². The lowest BCUT2D eigenvalue weighted by atomic mass is 9.72. The number of ether oxygens (including phenoxy) is 1. The maximum atomic E-state index is 5.23. The number of hydrogen-bond donors (Lipinski definition) is 2. The molecule has 3 saturated heterocycles. The van der Waals surface area contributed by atoms with E-state index in [0.717, 1.165) is 47.5 Å². The molecule has 1 atom stereocenters. The smallest absolute Gasteiger partial charge is 0.135 e. The number of aromatic nitrogens is 2. The van der Waals surface area contributed by atoms with Crippen LogP contribution in [0.25, 0.3) is 11.3 Å². The van der Waals surface area contributed by atoms with Gasteiger partial charge >= 0.3 is 0 Å². The fourth-order valence-electron chi connectivity index (χ4n) is 4.76. The van der Waals surface area contributed by atoms with E-state index in [1.54, 1.807) is 13.4 Å². The van der Waals surface area contributed by atoms with Gasteiger partial charge in [0, 0.05) is 18.2 Å². The van der Waals surface area contributed by atoms with Crippen molar-refractivity contribution in [3.63, 3.8) is 0 Å². The van der Waals surface area contributed by atoms with Gasteiger partial charge in [0.05, 0.1) is 18.3 Å². The zero-order valence-corrected chi connectivity index (χ0v) is 15.6. The maximum absolute atomic E-state index is 5.23. The van der Waals surface area contributed by atoms with E-state index in [1.165, 1.54) is 25.9 Å². The van der Waals surface area contributed by atoms with E-state index in [0.29, 0.717) is 0 Å². The summed E-state index contributed by atoms with van der Waals surface area (Å²) >= 11 is 0. The second-order valence-electron chi connectivity index (χ2n) is 7.80. The Labute approximate surface area is 159 Å². The van der Waals surface area contributed by atoms with Crippen molar-refractivity contribution in [3.05, 3.63) is 48.6 Å². The highest BCUT2D eigenvalue weighted by molar-refractivity contribution is 5.63. The standard InChI is InChI=1S/C21H25N5O/c1-27-17-4-2-15(3-5-17)18-12-20(23-14-22-18)24-19-6-9-21(25-19)13-26-10-7-16(21)8-11-26/h2-6,12,14,16,25H,7-11,13H2,1H3,(H,22,23,24)/t21-/m0/s1. The number of benzene rings is 1. The molecule has 0 amide bonds. The Morgan fingerprint density at radius 3 is 2.70 bits per heavy atom. The van der Waals surface area contributed by atoms with Crippen LogP contribution >= 0.6 is 0 Å². The first kappa shape index (κ1) is 16.6. The molecule has 5 heterocycles. The van der Waals surface area contributed by atoms with Crippen LogP contribution in [0.4, 0.5) is 5.82 Å². The Balaban J connectivity index is 1.30. The molecule has 2 N–H and O–H groups in total. The summed E-state index contributed by atoms with van der Waals surface area (Å²) in [5.41, 5.74) is 2.15. The number of rotatable bonds is 4. The molecule has 140 valence electrons. The molecule has 2 aromatic rings. The van der Waals surface area contributed by atoms with E-state index in [-0.39, 0.29) is 5.54 Å². The summed E-state index contributed by atoms with van der Waals surface area (Å²) in [6.07, 6.45) is 7.61. The Bertz CT molecular complexity index is 857. The molecule has 1 spiro atoms. The number of nitrogens with zero attached hydrogens (tertiary/aromatic N) is 3. The summed E-state index contributed by atoms with van der Waals surface area (Å²) in [6.45, 7) is 3.67. The van der Waals surface area contributed by atoms with Gasteiger partial charge in [-0.15, -0.1) is 0 Å². The van der Waals surface area contributed by atoms with Gasteiger partial charge in [0.15, 0.2) is 0 Å². The number of fused-ring (bicyclic) bond motifs is 2. The molecule has 27 heavy (non-hydrogen) atoms. The highest BCUT2D eigenvalue weighted by Crippen LogP contribution is 2.41. The zero-order valence-electron chi connectivity index (χ0n) is 15.6. The van der Waals surface area contributed by atoms with Crippen LogP contribution in [0.2, 0.25) is 0 Å². The van der Waals surface area contributed by atoms with Crippen molar-refractivity contribution in [2.75, 3.05) is 32.1 Å². The molecule has 1 aromatic carbocycles. The fourth-order valence-corrected chi connectivity index (χ4v) is 4.76. The normalized spacial score (nSPS) is 28.7. The van der Waals surface area contributed by atoms with Crippen molar-refractivity contribution >= 4 is 5.82 Å². The van der Waals surface area contributed by atoms with Crippen LogP contribution in [-0.4, -0.2) is 47.2 Å². The van der Waals surface area contributed by atoms with Gasteiger partial charge in [-0.05, 0) is 68.6 Å². The third-order valence-electron chi connectivity index (χ3n) is 6.24. The third kappa shape index (κ3) is 3.04. The first-order chi connectivity index (χ1) is 13.2. The molecule has 0 unspecified atom stereocenters. The third-order valence-corrected chi connectivity index (χ3v) is 6.24. The molecule has 4 aliphatic heterocycles. The van der Waals surface area contributed by atoms with Crippen LogP contribution in [0.15, 0.2) is 48.6 Å². The number of hydrogen-bond acceptors (Lipinski definition) is 6. The molecule has 0 aliphatic carbocycles. The van der Waals surface area contributed by atoms with E-state index in [2.05, 4.69) is 31.6 Å². The van der Waals surface area contributed by atoms with Gasteiger partial charge in [-0.1, -0.05) is 0 Å². The van der Waals surface area contributed by atoms with Crippen LogP contribution in [0.3, 0.4) is 0 Å². The van der Waals surface area contributed by atoms with Crippen molar-refractivity contribution in [2.24, 2.45) is 5.92 Å². The van der Waals surface area contributed by atoms with Gasteiger partial charge in [0.1, 0.15) is 23.7 Å². The molecular weight excluding hydrogens is 338 g/mol. The summed E-state index contributed by atoms with van der Waals surface area (Å²) in [4.78, 5) is 11.4. The van der Waals surface area contributed by atoms with Crippen LogP contribution in [0, 0.1) is 5.92 Å². The number of nitrogens with one attached hydrogen (secondary N) is 2. The molecule has 0 saturated carbocycles. The summed E-state index contributed by atoms with van der Waals surface area (Å²) in [6, 6.07) is 9.91. The SMILES string of the molecule is COc1ccc(-c2cc(NC3=CC[C@@]4(CN5CCC4CC5)N3)ncn2)cc1. The van der Waals surface area contributed by atoms with Gasteiger partial charge in [0.2, 0.25) is 0 Å². The molecule has 6 rings (SSSR count). The number of methoxy groups -OCH3 is 1. The highest BCUT2D eigenvalue weighted by atomic mass is 16.5. The average molecular weight is 363 g/mol. The topological polar surface area (TPSA) is 62.3 Å². The van der Waals surface area contributed by atoms with Gasteiger partial charge < -0.3 is 20.3 Å². The Kier molecular flexibility index (Phi) is 4.01. The second-order valence-corrected chi connectivity index (χ2v) is 7.80. The van der Waals surface area contributed by atoms with Crippen molar-refractivity contribution in [3.8, 4) is 17.0 Å². The number of anilines is 1.